The second kappa shape index (κ2) is 6.49. The summed E-state index contributed by atoms with van der Waals surface area (Å²) in [5, 5.41) is 0. The molecule has 0 bridgehead atoms. The molecule has 0 saturated heterocycles. The van der Waals surface area contributed by atoms with Crippen molar-refractivity contribution in [3.63, 3.8) is 0 Å². The van der Waals surface area contributed by atoms with E-state index in [-0.39, 0.29) is 56.9 Å². The standard InChI is InChI=1S/C12H14BF3N.K/c1-5-10-7(2)11(6-13(14,15)16)9(4)12(17)8(10)3;/h1H,6,17H2,2-4H3;/q-1;+1. The molecule has 0 spiro atoms. The Balaban J connectivity index is 0.00000289. The third-order valence-corrected chi connectivity index (χ3v) is 3.04. The summed E-state index contributed by atoms with van der Waals surface area (Å²) in [6.07, 6.45) is 4.39. The molecule has 0 heterocycles. The Hall–Kier alpha value is 0.0713. The quantitative estimate of drug-likeness (QED) is 0.464. The number of terminal acetylenes is 1. The van der Waals surface area contributed by atoms with Gasteiger partial charge >= 0.3 is 58.4 Å². The van der Waals surface area contributed by atoms with E-state index in [2.05, 4.69) is 5.92 Å². The summed E-state index contributed by atoms with van der Waals surface area (Å²) >= 11 is 0. The number of hydrogen-bond donors (Lipinski definition) is 1. The van der Waals surface area contributed by atoms with Crippen LogP contribution in [0.1, 0.15) is 27.8 Å². The fourth-order valence-electron chi connectivity index (χ4n) is 2.05. The largest absolute Gasteiger partial charge is 1.00 e. The second-order valence-electron chi connectivity index (χ2n) is 4.20. The first-order chi connectivity index (χ1) is 7.69. The van der Waals surface area contributed by atoms with Crippen molar-refractivity contribution in [2.75, 3.05) is 5.73 Å². The van der Waals surface area contributed by atoms with Crippen molar-refractivity contribution in [1.82, 2.24) is 0 Å². The average molecular weight is 279 g/mol. The van der Waals surface area contributed by atoms with E-state index in [0.717, 1.165) is 0 Å². The van der Waals surface area contributed by atoms with Crippen LogP contribution in [0, 0.1) is 33.1 Å². The van der Waals surface area contributed by atoms with Gasteiger partial charge < -0.3 is 18.7 Å². The number of halogens is 3. The smallest absolute Gasteiger partial charge is 0.449 e. The van der Waals surface area contributed by atoms with E-state index >= 15 is 0 Å². The van der Waals surface area contributed by atoms with Crippen LogP contribution >= 0.6 is 0 Å². The average Bonchev–Trinajstić information content (AvgIpc) is 2.21. The molecule has 0 amide bonds. The molecule has 6 heteroatoms. The number of rotatable bonds is 2. The molecule has 2 N–H and O–H groups in total. The Kier molecular flexibility index (Phi) is 6.51. The molecule has 18 heavy (non-hydrogen) atoms. The molecule has 0 aliphatic rings. The fraction of sp³-hybridized carbons (Fsp3) is 0.333. The molecule has 1 nitrogen and oxygen atoms in total. The molecule has 0 atom stereocenters. The van der Waals surface area contributed by atoms with Crippen LogP contribution in [0.3, 0.4) is 0 Å². The summed E-state index contributed by atoms with van der Waals surface area (Å²) in [5.41, 5.74) is 8.52. The molecule has 1 rings (SSSR count). The Morgan fingerprint density at radius 3 is 2.00 bits per heavy atom. The van der Waals surface area contributed by atoms with Crippen LogP contribution in [0.15, 0.2) is 0 Å². The summed E-state index contributed by atoms with van der Waals surface area (Å²) in [5.74, 6) is 2.42. The Labute approximate surface area is 148 Å². The van der Waals surface area contributed by atoms with Gasteiger partial charge in [-0.3, -0.25) is 0 Å². The van der Waals surface area contributed by atoms with Gasteiger partial charge in [0.1, 0.15) is 0 Å². The van der Waals surface area contributed by atoms with Crippen LogP contribution < -0.4 is 57.1 Å². The van der Waals surface area contributed by atoms with Gasteiger partial charge in [0.05, 0.1) is 0 Å². The van der Waals surface area contributed by atoms with Crippen LogP contribution in [0.5, 0.6) is 0 Å². The summed E-state index contributed by atoms with van der Waals surface area (Å²) in [6.45, 7) is 0.0591. The van der Waals surface area contributed by atoms with Gasteiger partial charge in [0.2, 0.25) is 0 Å². The molecule has 1 aromatic rings. The van der Waals surface area contributed by atoms with E-state index in [1.54, 1.807) is 20.8 Å². The Bertz CT molecular complexity index is 504. The Morgan fingerprint density at radius 2 is 1.61 bits per heavy atom. The van der Waals surface area contributed by atoms with Crippen molar-refractivity contribution in [1.29, 1.82) is 0 Å². The zero-order chi connectivity index (χ0) is 13.4. The predicted molar refractivity (Wildman–Crippen MR) is 65.8 cm³/mol. The van der Waals surface area contributed by atoms with Gasteiger partial charge in [-0.05, 0) is 37.5 Å². The van der Waals surface area contributed by atoms with Gasteiger partial charge in [-0.25, -0.2) is 0 Å². The first-order valence-electron chi connectivity index (χ1n) is 5.24. The molecule has 92 valence electrons. The second-order valence-corrected chi connectivity index (χ2v) is 4.20. The molecule has 0 saturated carbocycles. The van der Waals surface area contributed by atoms with Gasteiger partial charge in [-0.15, -0.1) is 6.42 Å². The first kappa shape index (κ1) is 18.1. The van der Waals surface area contributed by atoms with E-state index in [4.69, 9.17) is 12.2 Å². The predicted octanol–water partition coefficient (Wildman–Crippen LogP) is 0.108. The van der Waals surface area contributed by atoms with Crippen LogP contribution in [0.2, 0.25) is 0 Å². The summed E-state index contributed by atoms with van der Waals surface area (Å²) in [4.78, 5) is 0. The normalized spacial score (nSPS) is 10.7. The molecular formula is C12H14BF3KN. The zero-order valence-electron chi connectivity index (χ0n) is 11.1. The van der Waals surface area contributed by atoms with Crippen molar-refractivity contribution in [3.8, 4) is 12.3 Å². The van der Waals surface area contributed by atoms with Gasteiger partial charge in [-0.2, -0.15) is 0 Å². The fourth-order valence-corrected chi connectivity index (χ4v) is 2.05. The van der Waals surface area contributed by atoms with E-state index in [1.165, 1.54) is 0 Å². The molecule has 0 aliphatic carbocycles. The minimum absolute atomic E-state index is 0. The Morgan fingerprint density at radius 1 is 1.11 bits per heavy atom. The van der Waals surface area contributed by atoms with Crippen molar-refractivity contribution < 1.29 is 64.3 Å². The van der Waals surface area contributed by atoms with Gasteiger partial charge in [0.25, 0.3) is 0 Å². The number of nitrogen functional groups attached to an aromatic ring is 1. The van der Waals surface area contributed by atoms with Gasteiger partial charge in [0.15, 0.2) is 0 Å². The number of nitrogens with two attached hydrogens (primary N) is 1. The maximum absolute atomic E-state index is 12.5. The number of benzene rings is 1. The van der Waals surface area contributed by atoms with E-state index in [0.29, 0.717) is 27.9 Å². The third kappa shape index (κ3) is 3.78. The molecule has 1 aromatic carbocycles. The first-order valence-corrected chi connectivity index (χ1v) is 5.24. The summed E-state index contributed by atoms with van der Waals surface area (Å²) in [6, 6.07) is 0. The summed E-state index contributed by atoms with van der Waals surface area (Å²) < 4.78 is 37.6. The topological polar surface area (TPSA) is 26.0 Å². The van der Waals surface area contributed by atoms with Crippen molar-refractivity contribution in [2.45, 2.75) is 27.1 Å². The minimum atomic E-state index is -4.89. The van der Waals surface area contributed by atoms with Crippen LogP contribution in [0.25, 0.3) is 0 Å². The molecular weight excluding hydrogens is 265 g/mol. The van der Waals surface area contributed by atoms with Crippen LogP contribution in [-0.4, -0.2) is 6.98 Å². The third-order valence-electron chi connectivity index (χ3n) is 3.04. The van der Waals surface area contributed by atoms with E-state index in [9.17, 15) is 12.9 Å². The number of hydrogen-bond acceptors (Lipinski definition) is 1. The SMILES string of the molecule is C#Cc1c(C)c(N)c(C)c(C[B-](F)(F)F)c1C.[K+]. The minimum Gasteiger partial charge on any atom is -0.449 e. The molecule has 0 aliphatic heterocycles. The molecule has 0 radical (unpaired) electrons. The van der Waals surface area contributed by atoms with E-state index < -0.39 is 13.3 Å². The number of anilines is 1. The summed E-state index contributed by atoms with van der Waals surface area (Å²) in [7, 11) is 0. The van der Waals surface area contributed by atoms with E-state index in [1.807, 2.05) is 0 Å². The van der Waals surface area contributed by atoms with Crippen molar-refractivity contribution >= 4 is 12.7 Å². The van der Waals surface area contributed by atoms with Crippen LogP contribution in [0.4, 0.5) is 18.6 Å². The zero-order valence-corrected chi connectivity index (χ0v) is 14.2. The van der Waals surface area contributed by atoms with Crippen molar-refractivity contribution in [2.24, 2.45) is 0 Å². The van der Waals surface area contributed by atoms with Crippen molar-refractivity contribution in [3.05, 3.63) is 27.8 Å². The molecule has 0 unspecified atom stereocenters. The van der Waals surface area contributed by atoms with Gasteiger partial charge in [0, 0.05) is 11.3 Å². The van der Waals surface area contributed by atoms with Gasteiger partial charge in [-0.1, -0.05) is 17.8 Å². The molecule has 0 aromatic heterocycles. The maximum Gasteiger partial charge on any atom is 1.00 e. The maximum atomic E-state index is 12.5. The monoisotopic (exact) mass is 279 g/mol. The molecule has 0 fully saturated rings. The van der Waals surface area contributed by atoms with Crippen LogP contribution in [-0.2, 0) is 6.32 Å².